The Labute approximate surface area is 159 Å². The van der Waals surface area contributed by atoms with Crippen LogP contribution in [0.15, 0.2) is 48.5 Å². The number of hydrogen-bond acceptors (Lipinski definition) is 3. The Hall–Kier alpha value is -3.02. The zero-order chi connectivity index (χ0) is 19.2. The number of nitrogens with zero attached hydrogens (tertiary/aromatic N) is 1. The van der Waals surface area contributed by atoms with E-state index >= 15 is 0 Å². The van der Waals surface area contributed by atoms with Gasteiger partial charge in [0.1, 0.15) is 5.75 Å². The van der Waals surface area contributed by atoms with Gasteiger partial charge in [-0.25, -0.2) is 4.79 Å². The standard InChI is InChI=1S/C21H25N3O3/c1-15-8-9-19(27-2)18(14-15)23-20(25)16-10-12-24(13-11-16)21(26)22-17-6-4-3-5-7-17/h3-9,14,16H,10-13H2,1-2H3,(H,22,26)(H,23,25). The Morgan fingerprint density at radius 1 is 1.04 bits per heavy atom. The lowest BCUT2D eigenvalue weighted by atomic mass is 9.96. The van der Waals surface area contributed by atoms with Crippen molar-refractivity contribution in [2.24, 2.45) is 5.92 Å². The van der Waals surface area contributed by atoms with Gasteiger partial charge in [0.2, 0.25) is 5.91 Å². The summed E-state index contributed by atoms with van der Waals surface area (Å²) < 4.78 is 5.32. The number of piperidine rings is 1. The number of amides is 3. The number of nitrogens with one attached hydrogen (secondary N) is 2. The van der Waals surface area contributed by atoms with E-state index < -0.39 is 0 Å². The molecule has 0 radical (unpaired) electrons. The Kier molecular flexibility index (Phi) is 5.96. The number of para-hydroxylation sites is 1. The van der Waals surface area contributed by atoms with Crippen LogP contribution in [0.2, 0.25) is 0 Å². The van der Waals surface area contributed by atoms with E-state index in [0.717, 1.165) is 11.3 Å². The maximum Gasteiger partial charge on any atom is 0.321 e. The van der Waals surface area contributed by atoms with Gasteiger partial charge >= 0.3 is 6.03 Å². The summed E-state index contributed by atoms with van der Waals surface area (Å²) in [6, 6.07) is 14.9. The van der Waals surface area contributed by atoms with E-state index in [1.807, 2.05) is 55.5 Å². The fraction of sp³-hybridized carbons (Fsp3) is 0.333. The summed E-state index contributed by atoms with van der Waals surface area (Å²) in [4.78, 5) is 26.7. The van der Waals surface area contributed by atoms with E-state index in [1.165, 1.54) is 0 Å². The largest absolute Gasteiger partial charge is 0.495 e. The lowest BCUT2D eigenvalue weighted by molar-refractivity contribution is -0.121. The van der Waals surface area contributed by atoms with Crippen LogP contribution in [0.5, 0.6) is 5.75 Å². The second-order valence-electron chi connectivity index (χ2n) is 6.75. The molecular weight excluding hydrogens is 342 g/mol. The number of likely N-dealkylation sites (tertiary alicyclic amines) is 1. The molecule has 0 aliphatic carbocycles. The van der Waals surface area contributed by atoms with Gasteiger partial charge in [0, 0.05) is 24.7 Å². The number of anilines is 2. The second-order valence-corrected chi connectivity index (χ2v) is 6.75. The third kappa shape index (κ3) is 4.78. The third-order valence-corrected chi connectivity index (χ3v) is 4.79. The summed E-state index contributed by atoms with van der Waals surface area (Å²) in [5, 5.41) is 5.86. The van der Waals surface area contributed by atoms with Gasteiger partial charge in [-0.15, -0.1) is 0 Å². The van der Waals surface area contributed by atoms with Gasteiger partial charge in [0.25, 0.3) is 0 Å². The molecule has 2 N–H and O–H groups in total. The van der Waals surface area contributed by atoms with Crippen molar-refractivity contribution in [1.82, 2.24) is 4.90 Å². The number of hydrogen-bond donors (Lipinski definition) is 2. The molecule has 0 atom stereocenters. The Bertz CT molecular complexity index is 800. The number of rotatable bonds is 4. The molecule has 1 fully saturated rings. The molecule has 6 heteroatoms. The van der Waals surface area contributed by atoms with Gasteiger partial charge in [-0.1, -0.05) is 24.3 Å². The lowest BCUT2D eigenvalue weighted by Crippen LogP contribution is -2.43. The fourth-order valence-electron chi connectivity index (χ4n) is 3.22. The molecule has 0 unspecified atom stereocenters. The highest BCUT2D eigenvalue weighted by atomic mass is 16.5. The van der Waals surface area contributed by atoms with E-state index in [9.17, 15) is 9.59 Å². The number of methoxy groups -OCH3 is 1. The molecule has 2 aromatic carbocycles. The summed E-state index contributed by atoms with van der Waals surface area (Å²) >= 11 is 0. The van der Waals surface area contributed by atoms with Crippen molar-refractivity contribution >= 4 is 23.3 Å². The number of aryl methyl sites for hydroxylation is 1. The quantitative estimate of drug-likeness (QED) is 0.861. The van der Waals surface area contributed by atoms with Gasteiger partial charge in [-0.2, -0.15) is 0 Å². The van der Waals surface area contributed by atoms with Crippen LogP contribution in [0.1, 0.15) is 18.4 Å². The second kappa shape index (κ2) is 8.58. The van der Waals surface area contributed by atoms with Crippen molar-refractivity contribution in [3.8, 4) is 5.75 Å². The van der Waals surface area contributed by atoms with Crippen LogP contribution in [0.3, 0.4) is 0 Å². The molecular formula is C21H25N3O3. The average Bonchev–Trinajstić information content (AvgIpc) is 2.69. The molecule has 27 heavy (non-hydrogen) atoms. The van der Waals surface area contributed by atoms with Crippen molar-refractivity contribution in [1.29, 1.82) is 0 Å². The highest BCUT2D eigenvalue weighted by Gasteiger charge is 2.27. The van der Waals surface area contributed by atoms with E-state index in [1.54, 1.807) is 12.0 Å². The number of ether oxygens (including phenoxy) is 1. The van der Waals surface area contributed by atoms with E-state index in [0.29, 0.717) is 37.4 Å². The van der Waals surface area contributed by atoms with Crippen molar-refractivity contribution in [3.05, 3.63) is 54.1 Å². The SMILES string of the molecule is COc1ccc(C)cc1NC(=O)C1CCN(C(=O)Nc2ccccc2)CC1. The predicted octanol–water partition coefficient (Wildman–Crippen LogP) is 3.89. The van der Waals surface area contributed by atoms with Gasteiger partial charge in [-0.3, -0.25) is 4.79 Å². The van der Waals surface area contributed by atoms with Crippen LogP contribution in [0, 0.1) is 12.8 Å². The molecule has 2 aromatic rings. The van der Waals surface area contributed by atoms with Gasteiger partial charge in [-0.05, 0) is 49.6 Å². The van der Waals surface area contributed by atoms with Crippen molar-refractivity contribution in [3.63, 3.8) is 0 Å². The molecule has 3 rings (SSSR count). The molecule has 3 amide bonds. The Morgan fingerprint density at radius 3 is 2.41 bits per heavy atom. The molecule has 1 aliphatic rings. The highest BCUT2D eigenvalue weighted by molar-refractivity contribution is 5.94. The zero-order valence-corrected chi connectivity index (χ0v) is 15.7. The molecule has 1 heterocycles. The fourth-order valence-corrected chi connectivity index (χ4v) is 3.22. The van der Waals surface area contributed by atoms with Crippen molar-refractivity contribution < 1.29 is 14.3 Å². The summed E-state index contributed by atoms with van der Waals surface area (Å²) in [5.74, 6) is 0.506. The molecule has 1 saturated heterocycles. The van der Waals surface area contributed by atoms with Crippen molar-refractivity contribution in [2.75, 3.05) is 30.8 Å². The first-order valence-corrected chi connectivity index (χ1v) is 9.13. The average molecular weight is 367 g/mol. The van der Waals surface area contributed by atoms with Gasteiger partial charge < -0.3 is 20.3 Å². The first-order chi connectivity index (χ1) is 13.1. The number of carbonyl (C=O) groups is 2. The number of benzene rings is 2. The van der Waals surface area contributed by atoms with E-state index in [2.05, 4.69) is 10.6 Å². The molecule has 0 spiro atoms. The van der Waals surface area contributed by atoms with Crippen molar-refractivity contribution in [2.45, 2.75) is 19.8 Å². The molecule has 6 nitrogen and oxygen atoms in total. The van der Waals surface area contributed by atoms with Crippen LogP contribution >= 0.6 is 0 Å². The summed E-state index contributed by atoms with van der Waals surface area (Å²) in [7, 11) is 1.59. The summed E-state index contributed by atoms with van der Waals surface area (Å²) in [5.41, 5.74) is 2.51. The first-order valence-electron chi connectivity index (χ1n) is 9.13. The van der Waals surface area contributed by atoms with E-state index in [4.69, 9.17) is 4.74 Å². The minimum absolute atomic E-state index is 0.0259. The van der Waals surface area contributed by atoms with Crippen LogP contribution in [0.25, 0.3) is 0 Å². The normalized spacial score (nSPS) is 14.5. The first kappa shape index (κ1) is 18.8. The maximum absolute atomic E-state index is 12.6. The molecule has 0 bridgehead atoms. The Morgan fingerprint density at radius 2 is 1.74 bits per heavy atom. The molecule has 0 saturated carbocycles. The topological polar surface area (TPSA) is 70.7 Å². The number of urea groups is 1. The van der Waals surface area contributed by atoms with Crippen LogP contribution in [-0.4, -0.2) is 37.0 Å². The summed E-state index contributed by atoms with van der Waals surface area (Å²) in [6.07, 6.45) is 1.28. The third-order valence-electron chi connectivity index (χ3n) is 4.79. The number of carbonyl (C=O) groups excluding carboxylic acids is 2. The minimum Gasteiger partial charge on any atom is -0.495 e. The predicted molar refractivity (Wildman–Crippen MR) is 106 cm³/mol. The lowest BCUT2D eigenvalue weighted by Gasteiger charge is -2.31. The monoisotopic (exact) mass is 367 g/mol. The maximum atomic E-state index is 12.6. The zero-order valence-electron chi connectivity index (χ0n) is 15.7. The molecule has 142 valence electrons. The van der Waals surface area contributed by atoms with Gasteiger partial charge in [0.05, 0.1) is 12.8 Å². The molecule has 0 aromatic heterocycles. The summed E-state index contributed by atoms with van der Waals surface area (Å²) in [6.45, 7) is 3.09. The highest BCUT2D eigenvalue weighted by Crippen LogP contribution is 2.27. The smallest absolute Gasteiger partial charge is 0.321 e. The van der Waals surface area contributed by atoms with Crippen LogP contribution in [0.4, 0.5) is 16.2 Å². The van der Waals surface area contributed by atoms with Gasteiger partial charge in [0.15, 0.2) is 0 Å². The van der Waals surface area contributed by atoms with Crippen LogP contribution in [-0.2, 0) is 4.79 Å². The minimum atomic E-state index is -0.125. The Balaban J connectivity index is 1.53. The van der Waals surface area contributed by atoms with E-state index in [-0.39, 0.29) is 17.9 Å². The van der Waals surface area contributed by atoms with Crippen LogP contribution < -0.4 is 15.4 Å². The molecule has 1 aliphatic heterocycles.